The van der Waals surface area contributed by atoms with Crippen LogP contribution in [0.4, 0.5) is 19.6 Å². The highest BCUT2D eigenvalue weighted by Crippen LogP contribution is 2.26. The van der Waals surface area contributed by atoms with Crippen molar-refractivity contribution in [2.24, 2.45) is 0 Å². The number of halogens is 2. The maximum absolute atomic E-state index is 14.2. The van der Waals surface area contributed by atoms with Crippen LogP contribution in [0.5, 0.6) is 0 Å². The Bertz CT molecular complexity index is 1070. The third-order valence-corrected chi connectivity index (χ3v) is 5.98. The van der Waals surface area contributed by atoms with E-state index in [1.54, 1.807) is 17.5 Å². The van der Waals surface area contributed by atoms with Crippen molar-refractivity contribution in [3.8, 4) is 0 Å². The smallest absolute Gasteiger partial charge is 0.309 e. The standard InChI is InChI=1S/C20H19F2N3O3S2/c1-2-3-11-6-12(21)7-15(22)18(11)23-9-14-4-5-16(30-14)19(28)25-20-24-13(10-29-20)8-17(26)27/h4-7,10,23H,2-3,8-9H2,1H3,(H,26,27)(H,24,25,28). The largest absolute Gasteiger partial charge is 0.481 e. The number of thiazole rings is 1. The molecule has 10 heteroatoms. The predicted octanol–water partition coefficient (Wildman–Crippen LogP) is 4.93. The molecule has 0 bridgehead atoms. The van der Waals surface area contributed by atoms with Crippen molar-refractivity contribution in [1.29, 1.82) is 0 Å². The van der Waals surface area contributed by atoms with Gasteiger partial charge in [0.25, 0.3) is 5.91 Å². The molecule has 3 rings (SSSR count). The summed E-state index contributed by atoms with van der Waals surface area (Å²) in [7, 11) is 0. The number of hydrogen-bond acceptors (Lipinski definition) is 6. The number of carbonyl (C=O) groups excluding carboxylic acids is 1. The molecule has 2 heterocycles. The second-order valence-corrected chi connectivity index (χ2v) is 8.49. The summed E-state index contributed by atoms with van der Waals surface area (Å²) in [5.41, 5.74) is 1.22. The molecule has 0 aliphatic rings. The maximum atomic E-state index is 14.2. The highest BCUT2D eigenvalue weighted by atomic mass is 32.1. The zero-order valence-corrected chi connectivity index (χ0v) is 17.6. The van der Waals surface area contributed by atoms with Gasteiger partial charge in [-0.15, -0.1) is 22.7 Å². The molecular formula is C20H19F2N3O3S2. The second-order valence-electron chi connectivity index (χ2n) is 6.46. The minimum absolute atomic E-state index is 0.207. The zero-order valence-electron chi connectivity index (χ0n) is 16.0. The van der Waals surface area contributed by atoms with E-state index in [1.807, 2.05) is 6.92 Å². The van der Waals surface area contributed by atoms with Gasteiger partial charge in [-0.3, -0.25) is 14.9 Å². The van der Waals surface area contributed by atoms with Crippen molar-refractivity contribution in [2.45, 2.75) is 32.7 Å². The average molecular weight is 452 g/mol. The number of benzene rings is 1. The Balaban J connectivity index is 1.63. The van der Waals surface area contributed by atoms with E-state index >= 15 is 0 Å². The lowest BCUT2D eigenvalue weighted by Crippen LogP contribution is -2.10. The second kappa shape index (κ2) is 9.77. The number of aromatic nitrogens is 1. The van der Waals surface area contributed by atoms with Gasteiger partial charge in [0.1, 0.15) is 11.6 Å². The molecule has 3 N–H and O–H groups in total. The van der Waals surface area contributed by atoms with Crippen molar-refractivity contribution >= 4 is 45.4 Å². The molecule has 0 saturated carbocycles. The number of carboxylic acid groups (broad SMARTS) is 1. The first kappa shape index (κ1) is 21.8. The van der Waals surface area contributed by atoms with E-state index in [2.05, 4.69) is 15.6 Å². The van der Waals surface area contributed by atoms with Crippen LogP contribution in [0.2, 0.25) is 0 Å². The Kier molecular flexibility index (Phi) is 7.11. The number of thiophene rings is 1. The minimum Gasteiger partial charge on any atom is -0.481 e. The van der Waals surface area contributed by atoms with Crippen molar-refractivity contribution in [1.82, 2.24) is 4.98 Å². The molecule has 0 unspecified atom stereocenters. The first-order valence-electron chi connectivity index (χ1n) is 9.13. The van der Waals surface area contributed by atoms with Gasteiger partial charge in [0.2, 0.25) is 0 Å². The lowest BCUT2D eigenvalue weighted by atomic mass is 10.1. The number of aliphatic carboxylic acids is 1. The number of hydrogen-bond donors (Lipinski definition) is 3. The zero-order chi connectivity index (χ0) is 21.7. The summed E-state index contributed by atoms with van der Waals surface area (Å²) in [6, 6.07) is 5.58. The van der Waals surface area contributed by atoms with Crippen LogP contribution in [0.1, 0.15) is 39.2 Å². The Morgan fingerprint density at radius 3 is 2.77 bits per heavy atom. The highest BCUT2D eigenvalue weighted by Gasteiger charge is 2.14. The number of anilines is 2. The van der Waals surface area contributed by atoms with Gasteiger partial charge in [0.15, 0.2) is 5.13 Å². The van der Waals surface area contributed by atoms with Gasteiger partial charge >= 0.3 is 5.97 Å². The third-order valence-electron chi connectivity index (χ3n) is 4.09. The van der Waals surface area contributed by atoms with Gasteiger partial charge in [-0.05, 0) is 30.2 Å². The third kappa shape index (κ3) is 5.61. The molecule has 2 aromatic heterocycles. The number of amides is 1. The fourth-order valence-corrected chi connectivity index (χ4v) is 4.37. The average Bonchev–Trinajstić information content (AvgIpc) is 3.30. The summed E-state index contributed by atoms with van der Waals surface area (Å²) in [5, 5.41) is 16.3. The van der Waals surface area contributed by atoms with Crippen LogP contribution in [0, 0.1) is 11.6 Å². The molecule has 1 amide bonds. The molecule has 0 fully saturated rings. The van der Waals surface area contributed by atoms with E-state index in [0.717, 1.165) is 28.7 Å². The van der Waals surface area contributed by atoms with E-state index in [4.69, 9.17) is 5.11 Å². The highest BCUT2D eigenvalue weighted by molar-refractivity contribution is 7.15. The molecular weight excluding hydrogens is 432 g/mol. The predicted molar refractivity (Wildman–Crippen MR) is 113 cm³/mol. The van der Waals surface area contributed by atoms with Gasteiger partial charge in [0, 0.05) is 22.9 Å². The van der Waals surface area contributed by atoms with Gasteiger partial charge in [-0.25, -0.2) is 13.8 Å². The van der Waals surface area contributed by atoms with Crippen LogP contribution in [0.3, 0.4) is 0 Å². The van der Waals surface area contributed by atoms with Crippen LogP contribution >= 0.6 is 22.7 Å². The van der Waals surface area contributed by atoms with E-state index in [-0.39, 0.29) is 24.6 Å². The molecule has 6 nitrogen and oxygen atoms in total. The monoisotopic (exact) mass is 451 g/mol. The molecule has 3 aromatic rings. The summed E-state index contributed by atoms with van der Waals surface area (Å²) in [6.45, 7) is 2.22. The normalized spacial score (nSPS) is 10.8. The molecule has 30 heavy (non-hydrogen) atoms. The Morgan fingerprint density at radius 1 is 1.23 bits per heavy atom. The van der Waals surface area contributed by atoms with Crippen molar-refractivity contribution < 1.29 is 23.5 Å². The molecule has 0 spiro atoms. The molecule has 0 radical (unpaired) electrons. The van der Waals surface area contributed by atoms with Crippen molar-refractivity contribution in [3.05, 3.63) is 62.3 Å². The topological polar surface area (TPSA) is 91.3 Å². The first-order chi connectivity index (χ1) is 14.4. The first-order valence-corrected chi connectivity index (χ1v) is 10.8. The van der Waals surface area contributed by atoms with Crippen LogP contribution in [0.25, 0.3) is 0 Å². The lowest BCUT2D eigenvalue weighted by molar-refractivity contribution is -0.136. The van der Waals surface area contributed by atoms with Crippen LogP contribution in [0.15, 0.2) is 29.6 Å². The molecule has 0 aliphatic heterocycles. The number of nitrogens with one attached hydrogen (secondary N) is 2. The van der Waals surface area contributed by atoms with Gasteiger partial charge in [-0.1, -0.05) is 13.3 Å². The lowest BCUT2D eigenvalue weighted by Gasteiger charge is -2.12. The fraction of sp³-hybridized carbons (Fsp3) is 0.250. The SMILES string of the molecule is CCCc1cc(F)cc(F)c1NCc1ccc(C(=O)Nc2nc(CC(=O)O)cs2)s1. The van der Waals surface area contributed by atoms with Gasteiger partial charge < -0.3 is 10.4 Å². The van der Waals surface area contributed by atoms with Crippen LogP contribution in [-0.4, -0.2) is 22.0 Å². The molecule has 1 aromatic carbocycles. The van der Waals surface area contributed by atoms with Gasteiger partial charge in [-0.2, -0.15) is 0 Å². The summed E-state index contributed by atoms with van der Waals surface area (Å²) >= 11 is 2.39. The summed E-state index contributed by atoms with van der Waals surface area (Å²) in [5.74, 6) is -2.60. The van der Waals surface area contributed by atoms with Crippen LogP contribution in [-0.2, 0) is 24.2 Å². The van der Waals surface area contributed by atoms with E-state index < -0.39 is 17.6 Å². The van der Waals surface area contributed by atoms with Crippen molar-refractivity contribution in [2.75, 3.05) is 10.6 Å². The molecule has 0 atom stereocenters. The number of nitrogens with zero attached hydrogens (tertiary/aromatic N) is 1. The molecule has 0 saturated heterocycles. The Hall–Kier alpha value is -2.85. The molecule has 0 aliphatic carbocycles. The fourth-order valence-electron chi connectivity index (χ4n) is 2.82. The van der Waals surface area contributed by atoms with E-state index in [1.165, 1.54) is 17.4 Å². The van der Waals surface area contributed by atoms with Crippen LogP contribution < -0.4 is 10.6 Å². The van der Waals surface area contributed by atoms with Crippen molar-refractivity contribution in [3.63, 3.8) is 0 Å². The summed E-state index contributed by atoms with van der Waals surface area (Å²) in [6.07, 6.45) is 1.10. The molecule has 158 valence electrons. The quantitative estimate of drug-likeness (QED) is 0.429. The number of aryl methyl sites for hydroxylation is 1. The number of rotatable bonds is 9. The Morgan fingerprint density at radius 2 is 2.03 bits per heavy atom. The maximum Gasteiger partial charge on any atom is 0.309 e. The number of carboxylic acids is 1. The summed E-state index contributed by atoms with van der Waals surface area (Å²) in [4.78, 5) is 28.4. The Labute approximate surface area is 179 Å². The summed E-state index contributed by atoms with van der Waals surface area (Å²) < 4.78 is 27.7. The van der Waals surface area contributed by atoms with E-state index in [9.17, 15) is 18.4 Å². The van der Waals surface area contributed by atoms with E-state index in [0.29, 0.717) is 27.7 Å². The van der Waals surface area contributed by atoms with Gasteiger partial charge in [0.05, 0.1) is 22.7 Å². The number of carbonyl (C=O) groups is 2. The minimum atomic E-state index is -0.992.